The summed E-state index contributed by atoms with van der Waals surface area (Å²) in [5.41, 5.74) is -0.840. The highest BCUT2D eigenvalue weighted by atomic mass is 35.5. The van der Waals surface area contributed by atoms with Crippen LogP contribution in [-0.4, -0.2) is 44.2 Å². The fourth-order valence-electron chi connectivity index (χ4n) is 2.40. The Morgan fingerprint density at radius 3 is 1.50 bits per heavy atom. The number of nitrogens with zero attached hydrogens (tertiary/aromatic N) is 1. The zero-order valence-electron chi connectivity index (χ0n) is 11.9. The molecule has 5 nitrogen and oxygen atoms in total. The van der Waals surface area contributed by atoms with E-state index in [1.54, 1.807) is 4.90 Å². The standard InChI is InChI=1S/C12H23NO4.ClH/c1-11(2,3)13(12(4,5)6)8(10(16)17)7-9(14)15;/h8H,7H2,1-6H3,(H,14,15)(H,16,17);1H/t8-;/m1./s1. The topological polar surface area (TPSA) is 77.8 Å². The molecule has 0 spiro atoms. The second-order valence-corrected chi connectivity index (χ2v) is 6.16. The van der Waals surface area contributed by atoms with Gasteiger partial charge in [0.15, 0.2) is 0 Å². The van der Waals surface area contributed by atoms with Gasteiger partial charge < -0.3 is 10.2 Å². The van der Waals surface area contributed by atoms with Crippen molar-refractivity contribution in [2.24, 2.45) is 0 Å². The van der Waals surface area contributed by atoms with Crippen molar-refractivity contribution in [3.63, 3.8) is 0 Å². The maximum absolute atomic E-state index is 11.3. The van der Waals surface area contributed by atoms with Crippen LogP contribution in [0.5, 0.6) is 0 Å². The first kappa shape index (κ1) is 19.5. The van der Waals surface area contributed by atoms with Crippen LogP contribution in [0.3, 0.4) is 0 Å². The van der Waals surface area contributed by atoms with Gasteiger partial charge in [-0.3, -0.25) is 14.5 Å². The molecule has 6 heteroatoms. The molecule has 0 aliphatic heterocycles. The van der Waals surface area contributed by atoms with Crippen LogP contribution >= 0.6 is 12.4 Å². The van der Waals surface area contributed by atoms with Crippen molar-refractivity contribution in [2.75, 3.05) is 0 Å². The van der Waals surface area contributed by atoms with Gasteiger partial charge in [-0.15, -0.1) is 12.4 Å². The van der Waals surface area contributed by atoms with E-state index in [2.05, 4.69) is 0 Å². The highest BCUT2D eigenvalue weighted by molar-refractivity contribution is 5.85. The predicted octanol–water partition coefficient (Wildman–Crippen LogP) is 2.24. The molecule has 0 heterocycles. The molecule has 0 saturated heterocycles. The second-order valence-electron chi connectivity index (χ2n) is 6.16. The third-order valence-electron chi connectivity index (χ3n) is 2.41. The highest BCUT2D eigenvalue weighted by Crippen LogP contribution is 2.29. The lowest BCUT2D eigenvalue weighted by Gasteiger charge is -2.48. The fraction of sp³-hybridized carbons (Fsp3) is 0.833. The molecule has 0 amide bonds. The molecule has 0 rings (SSSR count). The minimum atomic E-state index is -1.10. The molecule has 0 aliphatic carbocycles. The zero-order chi connectivity index (χ0) is 14.0. The van der Waals surface area contributed by atoms with Crippen molar-refractivity contribution in [1.29, 1.82) is 0 Å². The van der Waals surface area contributed by atoms with Gasteiger partial charge in [0.2, 0.25) is 0 Å². The van der Waals surface area contributed by atoms with Crippen LogP contribution < -0.4 is 0 Å². The van der Waals surface area contributed by atoms with E-state index >= 15 is 0 Å². The van der Waals surface area contributed by atoms with Crippen molar-refractivity contribution < 1.29 is 19.8 Å². The Labute approximate surface area is 115 Å². The Morgan fingerprint density at radius 1 is 1.00 bits per heavy atom. The lowest BCUT2D eigenvalue weighted by Crippen LogP contribution is -2.60. The number of carboxylic acid groups (broad SMARTS) is 2. The monoisotopic (exact) mass is 281 g/mol. The van der Waals surface area contributed by atoms with E-state index in [1.165, 1.54) is 0 Å². The fourth-order valence-corrected chi connectivity index (χ4v) is 2.40. The molecule has 0 unspecified atom stereocenters. The third-order valence-corrected chi connectivity index (χ3v) is 2.41. The number of carbonyl (C=O) groups is 2. The van der Waals surface area contributed by atoms with E-state index in [-0.39, 0.29) is 12.4 Å². The summed E-state index contributed by atoms with van der Waals surface area (Å²) in [7, 11) is 0. The largest absolute Gasteiger partial charge is 0.481 e. The number of rotatable bonds is 4. The van der Waals surface area contributed by atoms with Gasteiger partial charge in [-0.25, -0.2) is 0 Å². The number of aliphatic carboxylic acids is 2. The van der Waals surface area contributed by atoms with Crippen LogP contribution in [0.25, 0.3) is 0 Å². The van der Waals surface area contributed by atoms with E-state index in [0.717, 1.165) is 0 Å². The molecule has 0 aromatic rings. The van der Waals surface area contributed by atoms with Gasteiger partial charge in [-0.05, 0) is 41.5 Å². The second kappa shape index (κ2) is 6.38. The Hall–Kier alpha value is -0.810. The Kier molecular flexibility index (Phi) is 6.93. The van der Waals surface area contributed by atoms with Crippen LogP contribution in [0, 0.1) is 0 Å². The average Bonchev–Trinajstić information content (AvgIpc) is 1.95. The Bertz CT molecular complexity index is 290. The van der Waals surface area contributed by atoms with Crippen LogP contribution in [-0.2, 0) is 9.59 Å². The molecule has 0 aromatic carbocycles. The molecule has 0 aliphatic rings. The van der Waals surface area contributed by atoms with Crippen LogP contribution in [0.15, 0.2) is 0 Å². The van der Waals surface area contributed by atoms with Gasteiger partial charge in [0, 0.05) is 11.1 Å². The van der Waals surface area contributed by atoms with Crippen molar-refractivity contribution >= 4 is 24.3 Å². The number of carboxylic acids is 2. The first-order valence-electron chi connectivity index (χ1n) is 5.61. The lowest BCUT2D eigenvalue weighted by atomic mass is 9.92. The molecule has 18 heavy (non-hydrogen) atoms. The molecular formula is C12H24ClNO4. The van der Waals surface area contributed by atoms with E-state index in [4.69, 9.17) is 5.11 Å². The molecule has 0 aromatic heterocycles. The number of hydrogen-bond donors (Lipinski definition) is 2. The van der Waals surface area contributed by atoms with Gasteiger partial charge in [0.05, 0.1) is 6.42 Å². The number of hydrogen-bond acceptors (Lipinski definition) is 3. The summed E-state index contributed by atoms with van der Waals surface area (Å²) in [5.74, 6) is -2.20. The summed E-state index contributed by atoms with van der Waals surface area (Å²) in [5, 5.41) is 18.0. The van der Waals surface area contributed by atoms with E-state index in [1.807, 2.05) is 41.5 Å². The highest BCUT2D eigenvalue weighted by Gasteiger charge is 2.41. The summed E-state index contributed by atoms with van der Waals surface area (Å²) in [6, 6.07) is -1.02. The molecule has 2 N–H and O–H groups in total. The Morgan fingerprint density at radius 2 is 1.33 bits per heavy atom. The molecular weight excluding hydrogens is 258 g/mol. The molecule has 108 valence electrons. The van der Waals surface area contributed by atoms with Crippen molar-refractivity contribution in [3.05, 3.63) is 0 Å². The first-order valence-corrected chi connectivity index (χ1v) is 5.61. The maximum atomic E-state index is 11.3. The summed E-state index contributed by atoms with van der Waals surface area (Å²) in [6.45, 7) is 11.3. The maximum Gasteiger partial charge on any atom is 0.321 e. The van der Waals surface area contributed by atoms with Crippen molar-refractivity contribution in [1.82, 2.24) is 4.90 Å². The smallest absolute Gasteiger partial charge is 0.321 e. The van der Waals surface area contributed by atoms with Crippen LogP contribution in [0.4, 0.5) is 0 Å². The summed E-state index contributed by atoms with van der Waals surface area (Å²) in [4.78, 5) is 23.8. The third kappa shape index (κ3) is 5.69. The van der Waals surface area contributed by atoms with E-state index in [9.17, 15) is 14.7 Å². The lowest BCUT2D eigenvalue weighted by molar-refractivity contribution is -0.156. The van der Waals surface area contributed by atoms with E-state index < -0.39 is 35.5 Å². The van der Waals surface area contributed by atoms with Crippen LogP contribution in [0.2, 0.25) is 0 Å². The minimum absolute atomic E-state index is 0. The summed E-state index contributed by atoms with van der Waals surface area (Å²) >= 11 is 0. The van der Waals surface area contributed by atoms with Crippen molar-refractivity contribution in [2.45, 2.75) is 65.1 Å². The average molecular weight is 282 g/mol. The minimum Gasteiger partial charge on any atom is -0.481 e. The normalized spacial score (nSPS) is 13.9. The molecule has 1 atom stereocenters. The quantitative estimate of drug-likeness (QED) is 0.826. The molecule has 0 fully saturated rings. The summed E-state index contributed by atoms with van der Waals surface area (Å²) < 4.78 is 0. The Balaban J connectivity index is 0. The SMILES string of the molecule is CC(C)(C)N([C@H](CC(=O)O)C(=O)O)C(C)(C)C.Cl. The van der Waals surface area contributed by atoms with Gasteiger partial charge in [0.1, 0.15) is 6.04 Å². The van der Waals surface area contributed by atoms with Gasteiger partial charge >= 0.3 is 11.9 Å². The molecule has 0 radical (unpaired) electrons. The molecule has 0 saturated carbocycles. The van der Waals surface area contributed by atoms with Gasteiger partial charge in [0.25, 0.3) is 0 Å². The zero-order valence-corrected chi connectivity index (χ0v) is 12.7. The summed E-state index contributed by atoms with van der Waals surface area (Å²) in [6.07, 6.45) is -0.399. The van der Waals surface area contributed by atoms with E-state index in [0.29, 0.717) is 0 Å². The first-order chi connectivity index (χ1) is 7.37. The van der Waals surface area contributed by atoms with Crippen molar-refractivity contribution in [3.8, 4) is 0 Å². The number of halogens is 1. The van der Waals surface area contributed by atoms with Crippen LogP contribution in [0.1, 0.15) is 48.0 Å². The van der Waals surface area contributed by atoms with Gasteiger partial charge in [-0.1, -0.05) is 0 Å². The molecule has 0 bridgehead atoms. The predicted molar refractivity (Wildman–Crippen MR) is 72.3 cm³/mol. The van der Waals surface area contributed by atoms with Gasteiger partial charge in [-0.2, -0.15) is 0 Å².